The second-order valence-electron chi connectivity index (χ2n) is 4.11. The lowest BCUT2D eigenvalue weighted by Gasteiger charge is -2.10. The Morgan fingerprint density at radius 1 is 1.19 bits per heavy atom. The van der Waals surface area contributed by atoms with Crippen LogP contribution in [0.5, 0.6) is 0 Å². The minimum atomic E-state index is -4.51. The van der Waals surface area contributed by atoms with Gasteiger partial charge in [0.15, 0.2) is 5.69 Å². The molecule has 0 saturated heterocycles. The summed E-state index contributed by atoms with van der Waals surface area (Å²) in [6, 6.07) is 6.13. The van der Waals surface area contributed by atoms with Gasteiger partial charge in [-0.25, -0.2) is 15.0 Å². The van der Waals surface area contributed by atoms with E-state index < -0.39 is 11.9 Å². The molecule has 2 aromatic heterocycles. The van der Waals surface area contributed by atoms with Crippen LogP contribution in [-0.2, 0) is 6.18 Å². The van der Waals surface area contributed by atoms with E-state index in [0.29, 0.717) is 11.6 Å². The standard InChI is InChI=1S/C13H13F3N4S/c1-2-6-18-12-19-9(13(14,15)16)8-11(20-12)21-10-5-3-4-7-17-10/h3-5,7-8H,2,6H2,1H3,(H,18,19,20). The zero-order valence-corrected chi connectivity index (χ0v) is 12.0. The number of halogens is 3. The summed E-state index contributed by atoms with van der Waals surface area (Å²) in [4.78, 5) is 11.6. The molecular formula is C13H13F3N4S. The third kappa shape index (κ3) is 4.59. The molecule has 0 bridgehead atoms. The molecule has 0 saturated carbocycles. The van der Waals surface area contributed by atoms with Crippen LogP contribution in [0.3, 0.4) is 0 Å². The molecule has 0 unspecified atom stereocenters. The number of hydrogen-bond donors (Lipinski definition) is 1. The number of nitrogens with zero attached hydrogens (tertiary/aromatic N) is 3. The van der Waals surface area contributed by atoms with E-state index in [2.05, 4.69) is 20.3 Å². The Bertz CT molecular complexity index is 590. The van der Waals surface area contributed by atoms with E-state index in [0.717, 1.165) is 24.2 Å². The second kappa shape index (κ2) is 6.75. The molecule has 0 aromatic carbocycles. The monoisotopic (exact) mass is 314 g/mol. The van der Waals surface area contributed by atoms with Crippen molar-refractivity contribution in [1.29, 1.82) is 0 Å². The number of rotatable bonds is 5. The zero-order valence-electron chi connectivity index (χ0n) is 11.2. The van der Waals surface area contributed by atoms with E-state index >= 15 is 0 Å². The highest BCUT2D eigenvalue weighted by molar-refractivity contribution is 7.99. The molecule has 2 heterocycles. The molecule has 0 aliphatic carbocycles. The number of hydrogen-bond acceptors (Lipinski definition) is 5. The summed E-state index contributed by atoms with van der Waals surface area (Å²) in [5.41, 5.74) is -0.963. The van der Waals surface area contributed by atoms with Crippen LogP contribution < -0.4 is 5.32 Å². The molecule has 0 aliphatic rings. The summed E-state index contributed by atoms with van der Waals surface area (Å²) < 4.78 is 38.6. The summed E-state index contributed by atoms with van der Waals surface area (Å²) in [6.45, 7) is 2.42. The quantitative estimate of drug-likeness (QED) is 0.849. The van der Waals surface area contributed by atoms with Crippen molar-refractivity contribution in [3.8, 4) is 0 Å². The van der Waals surface area contributed by atoms with Gasteiger partial charge in [0.25, 0.3) is 0 Å². The van der Waals surface area contributed by atoms with Crippen molar-refractivity contribution >= 4 is 17.7 Å². The van der Waals surface area contributed by atoms with E-state index in [1.807, 2.05) is 6.92 Å². The van der Waals surface area contributed by atoms with E-state index in [-0.39, 0.29) is 11.0 Å². The van der Waals surface area contributed by atoms with E-state index in [4.69, 9.17) is 0 Å². The molecule has 0 atom stereocenters. The van der Waals surface area contributed by atoms with Crippen LogP contribution in [-0.4, -0.2) is 21.5 Å². The van der Waals surface area contributed by atoms with Gasteiger partial charge in [-0.2, -0.15) is 13.2 Å². The van der Waals surface area contributed by atoms with Crippen molar-refractivity contribution in [3.63, 3.8) is 0 Å². The zero-order chi connectivity index (χ0) is 15.3. The first-order valence-electron chi connectivity index (χ1n) is 6.28. The Hall–Kier alpha value is -1.83. The first kappa shape index (κ1) is 15.6. The van der Waals surface area contributed by atoms with Gasteiger partial charge >= 0.3 is 6.18 Å². The third-order valence-electron chi connectivity index (χ3n) is 2.37. The van der Waals surface area contributed by atoms with Gasteiger partial charge in [0.1, 0.15) is 10.1 Å². The van der Waals surface area contributed by atoms with Gasteiger partial charge in [-0.3, -0.25) is 0 Å². The molecule has 2 aromatic rings. The second-order valence-corrected chi connectivity index (χ2v) is 5.15. The lowest BCUT2D eigenvalue weighted by molar-refractivity contribution is -0.141. The minimum Gasteiger partial charge on any atom is -0.354 e. The van der Waals surface area contributed by atoms with Gasteiger partial charge in [0.05, 0.1) is 0 Å². The van der Waals surface area contributed by atoms with Crippen LogP contribution in [0.25, 0.3) is 0 Å². The van der Waals surface area contributed by atoms with Crippen LogP contribution in [0.15, 0.2) is 40.5 Å². The number of aromatic nitrogens is 3. The first-order chi connectivity index (χ1) is 9.99. The maximum absolute atomic E-state index is 12.9. The van der Waals surface area contributed by atoms with Crippen molar-refractivity contribution < 1.29 is 13.2 Å². The summed E-state index contributed by atoms with van der Waals surface area (Å²) >= 11 is 1.06. The molecule has 0 aliphatic heterocycles. The van der Waals surface area contributed by atoms with Crippen molar-refractivity contribution in [3.05, 3.63) is 36.2 Å². The number of nitrogens with one attached hydrogen (secondary N) is 1. The fourth-order valence-corrected chi connectivity index (χ4v) is 2.23. The van der Waals surface area contributed by atoms with Crippen molar-refractivity contribution in [2.24, 2.45) is 0 Å². The fourth-order valence-electron chi connectivity index (χ4n) is 1.45. The fraction of sp³-hybridized carbons (Fsp3) is 0.308. The maximum Gasteiger partial charge on any atom is 0.433 e. The van der Waals surface area contributed by atoms with Gasteiger partial charge in [-0.1, -0.05) is 13.0 Å². The molecule has 0 radical (unpaired) electrons. The highest BCUT2D eigenvalue weighted by atomic mass is 32.2. The first-order valence-corrected chi connectivity index (χ1v) is 7.09. The number of pyridine rings is 1. The summed E-state index contributed by atoms with van der Waals surface area (Å²) in [5.74, 6) is -0.0230. The van der Waals surface area contributed by atoms with Crippen LogP contribution in [0, 0.1) is 0 Å². The van der Waals surface area contributed by atoms with Crippen molar-refractivity contribution in [2.75, 3.05) is 11.9 Å². The average Bonchev–Trinajstić information content (AvgIpc) is 2.45. The van der Waals surface area contributed by atoms with Crippen LogP contribution in [0.1, 0.15) is 19.0 Å². The normalized spacial score (nSPS) is 11.4. The summed E-state index contributed by atoms with van der Waals surface area (Å²) in [5, 5.41) is 3.56. The predicted octanol–water partition coefficient (Wildman–Crippen LogP) is 3.86. The van der Waals surface area contributed by atoms with E-state index in [9.17, 15) is 13.2 Å². The Balaban J connectivity index is 2.30. The SMILES string of the molecule is CCCNc1nc(Sc2ccccn2)cc(C(F)(F)F)n1. The highest BCUT2D eigenvalue weighted by Gasteiger charge is 2.33. The Morgan fingerprint density at radius 2 is 2.00 bits per heavy atom. The molecule has 0 amide bonds. The Labute approximate surface area is 124 Å². The molecular weight excluding hydrogens is 301 g/mol. The van der Waals surface area contributed by atoms with E-state index in [1.165, 1.54) is 0 Å². The van der Waals surface area contributed by atoms with Gasteiger partial charge in [-0.05, 0) is 30.3 Å². The Morgan fingerprint density at radius 3 is 2.62 bits per heavy atom. The smallest absolute Gasteiger partial charge is 0.354 e. The Kier molecular flexibility index (Phi) is 5.00. The molecule has 4 nitrogen and oxygen atoms in total. The molecule has 0 fully saturated rings. The van der Waals surface area contributed by atoms with Crippen LogP contribution in [0.2, 0.25) is 0 Å². The van der Waals surface area contributed by atoms with Gasteiger partial charge < -0.3 is 5.32 Å². The topological polar surface area (TPSA) is 50.7 Å². The highest BCUT2D eigenvalue weighted by Crippen LogP contribution is 2.32. The average molecular weight is 314 g/mol. The minimum absolute atomic E-state index is 0.0230. The summed E-state index contributed by atoms with van der Waals surface area (Å²) in [6.07, 6.45) is -2.17. The lowest BCUT2D eigenvalue weighted by Crippen LogP contribution is -2.13. The van der Waals surface area contributed by atoms with Gasteiger partial charge in [0, 0.05) is 18.8 Å². The van der Waals surface area contributed by atoms with Crippen molar-refractivity contribution in [1.82, 2.24) is 15.0 Å². The largest absolute Gasteiger partial charge is 0.433 e. The molecule has 112 valence electrons. The lowest BCUT2D eigenvalue weighted by atomic mass is 10.4. The van der Waals surface area contributed by atoms with Gasteiger partial charge in [-0.15, -0.1) is 0 Å². The van der Waals surface area contributed by atoms with E-state index in [1.54, 1.807) is 24.4 Å². The van der Waals surface area contributed by atoms with Crippen LogP contribution >= 0.6 is 11.8 Å². The molecule has 21 heavy (non-hydrogen) atoms. The molecule has 0 spiro atoms. The third-order valence-corrected chi connectivity index (χ3v) is 3.24. The predicted molar refractivity (Wildman–Crippen MR) is 74.2 cm³/mol. The summed E-state index contributed by atoms with van der Waals surface area (Å²) in [7, 11) is 0. The molecule has 8 heteroatoms. The van der Waals surface area contributed by atoms with Gasteiger partial charge in [0.2, 0.25) is 5.95 Å². The number of anilines is 1. The maximum atomic E-state index is 12.9. The molecule has 1 N–H and O–H groups in total. The molecule has 2 rings (SSSR count). The van der Waals surface area contributed by atoms with Crippen molar-refractivity contribution in [2.45, 2.75) is 29.6 Å². The number of alkyl halides is 3. The van der Waals surface area contributed by atoms with Crippen LogP contribution in [0.4, 0.5) is 19.1 Å².